The van der Waals surface area contributed by atoms with Gasteiger partial charge < -0.3 is 19.4 Å². The molecule has 1 aromatic rings. The average molecular weight is 387 g/mol. The van der Waals surface area contributed by atoms with E-state index in [2.05, 4.69) is 54.5 Å². The van der Waals surface area contributed by atoms with Crippen LogP contribution in [0.2, 0.25) is 0 Å². The van der Waals surface area contributed by atoms with Crippen molar-refractivity contribution in [1.82, 2.24) is 0 Å². The predicted molar refractivity (Wildman–Crippen MR) is 106 cm³/mol. The first-order chi connectivity index (χ1) is 12.4. The molecule has 26 heavy (non-hydrogen) atoms. The Labute approximate surface area is 157 Å². The third-order valence-electron chi connectivity index (χ3n) is 4.24. The number of anilines is 1. The molecule has 1 aromatic carbocycles. The summed E-state index contributed by atoms with van der Waals surface area (Å²) in [6.45, 7) is 9.57. The Morgan fingerprint density at radius 2 is 1.96 bits per heavy atom. The van der Waals surface area contributed by atoms with Gasteiger partial charge in [0, 0.05) is 25.4 Å². The summed E-state index contributed by atoms with van der Waals surface area (Å²) in [6.07, 6.45) is 3.54. The van der Waals surface area contributed by atoms with Crippen molar-refractivity contribution < 1.29 is 23.6 Å². The maximum atomic E-state index is 10.8. The molecule has 2 N–H and O–H groups in total. The summed E-state index contributed by atoms with van der Waals surface area (Å²) >= 11 is 0. The SMILES string of the molecule is CCCCOCC(CCCOP(=O)(O)O)CN(CC)c1cccc(C)c1. The van der Waals surface area contributed by atoms with Crippen molar-refractivity contribution in [2.75, 3.05) is 37.8 Å². The Balaban J connectivity index is 2.61. The summed E-state index contributed by atoms with van der Waals surface area (Å²) in [5.74, 6) is 0.285. The van der Waals surface area contributed by atoms with Crippen LogP contribution in [0.3, 0.4) is 0 Å². The zero-order chi connectivity index (χ0) is 19.4. The quantitative estimate of drug-likeness (QED) is 0.369. The van der Waals surface area contributed by atoms with Crippen LogP contribution in [-0.2, 0) is 13.8 Å². The summed E-state index contributed by atoms with van der Waals surface area (Å²) < 4.78 is 21.2. The standard InChI is InChI=1S/C19H34NO5P/c1-4-6-12-24-16-18(10-8-13-25-26(21,22)23)15-20(5-2)19-11-7-9-17(3)14-19/h7,9,11,14,18H,4-6,8,10,12-13,15-16H2,1-3H3,(H2,21,22,23). The normalized spacial score (nSPS) is 13.0. The van der Waals surface area contributed by atoms with Gasteiger partial charge in [-0.05, 0) is 56.7 Å². The van der Waals surface area contributed by atoms with Crippen molar-refractivity contribution in [2.45, 2.75) is 46.5 Å². The first-order valence-corrected chi connectivity index (χ1v) is 11.0. The Morgan fingerprint density at radius 3 is 2.58 bits per heavy atom. The van der Waals surface area contributed by atoms with Gasteiger partial charge in [0.15, 0.2) is 0 Å². The fourth-order valence-electron chi connectivity index (χ4n) is 2.83. The molecule has 7 heteroatoms. The van der Waals surface area contributed by atoms with Crippen LogP contribution in [0, 0.1) is 12.8 Å². The second-order valence-corrected chi connectivity index (χ2v) is 7.88. The maximum Gasteiger partial charge on any atom is 0.469 e. The zero-order valence-corrected chi connectivity index (χ0v) is 17.2. The van der Waals surface area contributed by atoms with E-state index in [9.17, 15) is 4.57 Å². The molecule has 6 nitrogen and oxygen atoms in total. The van der Waals surface area contributed by atoms with Gasteiger partial charge in [-0.3, -0.25) is 4.52 Å². The Hall–Kier alpha value is -0.910. The minimum atomic E-state index is -4.38. The average Bonchev–Trinajstić information content (AvgIpc) is 2.58. The molecule has 0 amide bonds. The third-order valence-corrected chi connectivity index (χ3v) is 4.76. The molecule has 1 rings (SSSR count). The second kappa shape index (κ2) is 12.5. The van der Waals surface area contributed by atoms with Gasteiger partial charge in [-0.1, -0.05) is 25.5 Å². The van der Waals surface area contributed by atoms with Crippen LogP contribution >= 0.6 is 7.82 Å². The molecule has 0 heterocycles. The Morgan fingerprint density at radius 1 is 1.19 bits per heavy atom. The topological polar surface area (TPSA) is 79.2 Å². The monoisotopic (exact) mass is 387 g/mol. The number of unbranched alkanes of at least 4 members (excludes halogenated alkanes) is 1. The summed E-state index contributed by atoms with van der Waals surface area (Å²) in [7, 11) is -4.38. The summed E-state index contributed by atoms with van der Waals surface area (Å²) in [5, 5.41) is 0. The lowest BCUT2D eigenvalue weighted by Crippen LogP contribution is -2.32. The molecule has 0 spiro atoms. The van der Waals surface area contributed by atoms with E-state index in [0.29, 0.717) is 13.0 Å². The highest BCUT2D eigenvalue weighted by Crippen LogP contribution is 2.35. The molecule has 0 fully saturated rings. The molecule has 0 aliphatic carbocycles. The zero-order valence-electron chi connectivity index (χ0n) is 16.3. The van der Waals surface area contributed by atoms with E-state index in [1.54, 1.807) is 0 Å². The predicted octanol–water partition coefficient (Wildman–Crippen LogP) is 4.14. The van der Waals surface area contributed by atoms with Gasteiger partial charge in [-0.2, -0.15) is 0 Å². The molecule has 0 aromatic heterocycles. The number of hydrogen-bond donors (Lipinski definition) is 2. The van der Waals surface area contributed by atoms with E-state index in [0.717, 1.165) is 39.0 Å². The fraction of sp³-hybridized carbons (Fsp3) is 0.684. The first-order valence-electron chi connectivity index (χ1n) is 9.45. The van der Waals surface area contributed by atoms with Crippen LogP contribution in [0.4, 0.5) is 5.69 Å². The molecule has 0 aliphatic heterocycles. The molecule has 0 bridgehead atoms. The van der Waals surface area contributed by atoms with Crippen molar-refractivity contribution in [3.63, 3.8) is 0 Å². The minimum Gasteiger partial charge on any atom is -0.381 e. The third kappa shape index (κ3) is 10.3. The summed E-state index contributed by atoms with van der Waals surface area (Å²) in [6, 6.07) is 8.44. The smallest absolute Gasteiger partial charge is 0.381 e. The molecule has 0 saturated carbocycles. The van der Waals surface area contributed by atoms with E-state index >= 15 is 0 Å². The number of phosphoric ester groups is 1. The van der Waals surface area contributed by atoms with Gasteiger partial charge in [-0.25, -0.2) is 4.57 Å². The lowest BCUT2D eigenvalue weighted by molar-refractivity contribution is 0.0924. The van der Waals surface area contributed by atoms with Crippen LogP contribution in [0.25, 0.3) is 0 Å². The second-order valence-electron chi connectivity index (χ2n) is 6.64. The van der Waals surface area contributed by atoms with Crippen molar-refractivity contribution >= 4 is 13.5 Å². The highest BCUT2D eigenvalue weighted by atomic mass is 31.2. The summed E-state index contributed by atoms with van der Waals surface area (Å²) in [4.78, 5) is 19.9. The molecule has 0 radical (unpaired) electrons. The van der Waals surface area contributed by atoms with Gasteiger partial charge >= 0.3 is 7.82 Å². The van der Waals surface area contributed by atoms with Crippen molar-refractivity contribution in [3.8, 4) is 0 Å². The molecular weight excluding hydrogens is 353 g/mol. The van der Waals surface area contributed by atoms with Crippen LogP contribution in [0.15, 0.2) is 24.3 Å². The van der Waals surface area contributed by atoms with E-state index in [1.165, 1.54) is 11.3 Å². The lowest BCUT2D eigenvalue weighted by Gasteiger charge is -2.29. The number of phosphoric acid groups is 1. The lowest BCUT2D eigenvalue weighted by atomic mass is 10.0. The molecule has 1 atom stereocenters. The van der Waals surface area contributed by atoms with Crippen LogP contribution in [0.1, 0.15) is 45.1 Å². The number of benzene rings is 1. The number of aryl methyl sites for hydroxylation is 1. The minimum absolute atomic E-state index is 0.0618. The number of hydrogen-bond acceptors (Lipinski definition) is 4. The van der Waals surface area contributed by atoms with Crippen molar-refractivity contribution in [1.29, 1.82) is 0 Å². The highest BCUT2D eigenvalue weighted by molar-refractivity contribution is 7.46. The maximum absolute atomic E-state index is 10.8. The van der Waals surface area contributed by atoms with E-state index in [1.807, 2.05) is 0 Å². The Kier molecular flexibility index (Phi) is 11.1. The van der Waals surface area contributed by atoms with E-state index in [4.69, 9.17) is 14.5 Å². The summed E-state index contributed by atoms with van der Waals surface area (Å²) in [5.41, 5.74) is 2.42. The van der Waals surface area contributed by atoms with Crippen LogP contribution < -0.4 is 4.90 Å². The first kappa shape index (κ1) is 23.1. The van der Waals surface area contributed by atoms with Crippen molar-refractivity contribution in [2.24, 2.45) is 5.92 Å². The van der Waals surface area contributed by atoms with Crippen LogP contribution in [0.5, 0.6) is 0 Å². The molecule has 150 valence electrons. The van der Waals surface area contributed by atoms with Gasteiger partial charge in [0.05, 0.1) is 13.2 Å². The highest BCUT2D eigenvalue weighted by Gasteiger charge is 2.17. The van der Waals surface area contributed by atoms with Gasteiger partial charge in [0.2, 0.25) is 0 Å². The van der Waals surface area contributed by atoms with Crippen molar-refractivity contribution in [3.05, 3.63) is 29.8 Å². The largest absolute Gasteiger partial charge is 0.469 e. The number of rotatable bonds is 14. The Bertz CT molecular complexity index is 548. The van der Waals surface area contributed by atoms with E-state index < -0.39 is 7.82 Å². The fourth-order valence-corrected chi connectivity index (χ4v) is 3.20. The van der Waals surface area contributed by atoms with Crippen LogP contribution in [-0.4, -0.2) is 42.7 Å². The van der Waals surface area contributed by atoms with Gasteiger partial charge in [0.1, 0.15) is 0 Å². The van der Waals surface area contributed by atoms with E-state index in [-0.39, 0.29) is 12.5 Å². The molecule has 1 unspecified atom stereocenters. The number of nitrogens with zero attached hydrogens (tertiary/aromatic N) is 1. The van der Waals surface area contributed by atoms with Gasteiger partial charge in [-0.15, -0.1) is 0 Å². The molecule has 0 aliphatic rings. The number of ether oxygens (including phenoxy) is 1. The molecule has 0 saturated heterocycles. The van der Waals surface area contributed by atoms with Gasteiger partial charge in [0.25, 0.3) is 0 Å². The molecular formula is C19H34NO5P.